The summed E-state index contributed by atoms with van der Waals surface area (Å²) in [4.78, 5) is 26.0. The molecule has 1 fully saturated rings. The standard InChI is InChI=1S/C17H22FNO3/c1-11-7-13(9-14(18)8-11)15(20)12-5-6-19(10-12)16(21)22-17(2,3)4/h7-9,12H,5-6,10H2,1-4H3. The van der Waals surface area contributed by atoms with Crippen LogP contribution in [-0.2, 0) is 4.74 Å². The highest BCUT2D eigenvalue weighted by atomic mass is 19.1. The van der Waals surface area contributed by atoms with Crippen molar-refractivity contribution in [2.45, 2.75) is 39.7 Å². The van der Waals surface area contributed by atoms with Gasteiger partial charge in [0.25, 0.3) is 0 Å². The van der Waals surface area contributed by atoms with E-state index in [1.54, 1.807) is 38.7 Å². The Labute approximate surface area is 130 Å². The van der Waals surface area contributed by atoms with Gasteiger partial charge >= 0.3 is 6.09 Å². The average Bonchev–Trinajstić information content (AvgIpc) is 2.84. The maximum Gasteiger partial charge on any atom is 0.410 e. The third-order valence-electron chi connectivity index (χ3n) is 3.54. The number of hydrogen-bond acceptors (Lipinski definition) is 3. The molecule has 1 atom stereocenters. The summed E-state index contributed by atoms with van der Waals surface area (Å²) in [5.74, 6) is -0.826. The van der Waals surface area contributed by atoms with E-state index in [0.29, 0.717) is 30.6 Å². The van der Waals surface area contributed by atoms with Crippen LogP contribution in [0.25, 0.3) is 0 Å². The van der Waals surface area contributed by atoms with Gasteiger partial charge in [0.2, 0.25) is 0 Å². The molecule has 1 amide bonds. The monoisotopic (exact) mass is 307 g/mol. The van der Waals surface area contributed by atoms with Crippen molar-refractivity contribution < 1.29 is 18.7 Å². The molecular formula is C17H22FNO3. The molecule has 1 aromatic carbocycles. The van der Waals surface area contributed by atoms with Crippen molar-refractivity contribution in [1.82, 2.24) is 4.90 Å². The normalized spacial score (nSPS) is 18.4. The van der Waals surface area contributed by atoms with Crippen LogP contribution >= 0.6 is 0 Å². The van der Waals surface area contributed by atoms with Crippen LogP contribution < -0.4 is 0 Å². The van der Waals surface area contributed by atoms with E-state index >= 15 is 0 Å². The number of carbonyl (C=O) groups is 2. The lowest BCUT2D eigenvalue weighted by molar-refractivity contribution is 0.0289. The number of likely N-dealkylation sites (tertiary alicyclic amines) is 1. The summed E-state index contributed by atoms with van der Waals surface area (Å²) in [5.41, 5.74) is 0.526. The van der Waals surface area contributed by atoms with Crippen molar-refractivity contribution in [2.75, 3.05) is 13.1 Å². The predicted octanol–water partition coefficient (Wildman–Crippen LogP) is 3.57. The third kappa shape index (κ3) is 4.06. The zero-order valence-corrected chi connectivity index (χ0v) is 13.5. The Morgan fingerprint density at radius 2 is 1.95 bits per heavy atom. The Bertz CT molecular complexity index is 572. The Morgan fingerprint density at radius 1 is 1.27 bits per heavy atom. The zero-order chi connectivity index (χ0) is 16.5. The molecule has 22 heavy (non-hydrogen) atoms. The molecule has 1 heterocycles. The number of Topliss-reactive ketones (excluding diaryl/α,β-unsaturated/α-hetero) is 1. The topological polar surface area (TPSA) is 46.6 Å². The summed E-state index contributed by atoms with van der Waals surface area (Å²) in [6, 6.07) is 4.32. The summed E-state index contributed by atoms with van der Waals surface area (Å²) in [7, 11) is 0. The summed E-state index contributed by atoms with van der Waals surface area (Å²) in [5, 5.41) is 0. The first kappa shape index (κ1) is 16.5. The molecule has 0 N–H and O–H groups in total. The van der Waals surface area contributed by atoms with Crippen molar-refractivity contribution in [3.05, 3.63) is 35.1 Å². The van der Waals surface area contributed by atoms with Gasteiger partial charge in [-0.3, -0.25) is 4.79 Å². The number of carbonyl (C=O) groups excluding carboxylic acids is 2. The van der Waals surface area contributed by atoms with Crippen LogP contribution in [0.15, 0.2) is 18.2 Å². The molecule has 120 valence electrons. The quantitative estimate of drug-likeness (QED) is 0.785. The Morgan fingerprint density at radius 3 is 2.55 bits per heavy atom. The maximum atomic E-state index is 13.4. The van der Waals surface area contributed by atoms with Crippen molar-refractivity contribution >= 4 is 11.9 Å². The number of ether oxygens (including phenoxy) is 1. The molecule has 1 aromatic rings. The van der Waals surface area contributed by atoms with Crippen LogP contribution in [0.3, 0.4) is 0 Å². The molecule has 0 saturated carbocycles. The predicted molar refractivity (Wildman–Crippen MR) is 81.4 cm³/mol. The highest BCUT2D eigenvalue weighted by Gasteiger charge is 2.33. The number of ketones is 1. The van der Waals surface area contributed by atoms with E-state index in [-0.39, 0.29) is 11.7 Å². The fourth-order valence-corrected chi connectivity index (χ4v) is 2.58. The lowest BCUT2D eigenvalue weighted by Gasteiger charge is -2.24. The molecular weight excluding hydrogens is 285 g/mol. The van der Waals surface area contributed by atoms with Crippen LogP contribution in [0.4, 0.5) is 9.18 Å². The minimum atomic E-state index is -0.557. The summed E-state index contributed by atoms with van der Waals surface area (Å²) < 4.78 is 18.7. The lowest BCUT2D eigenvalue weighted by Crippen LogP contribution is -2.35. The number of rotatable bonds is 2. The molecule has 1 aliphatic heterocycles. The number of aryl methyl sites for hydroxylation is 1. The van der Waals surface area contributed by atoms with Crippen LogP contribution in [0.2, 0.25) is 0 Å². The highest BCUT2D eigenvalue weighted by molar-refractivity contribution is 5.98. The fraction of sp³-hybridized carbons (Fsp3) is 0.529. The van der Waals surface area contributed by atoms with Gasteiger partial charge in [-0.2, -0.15) is 0 Å². The van der Waals surface area contributed by atoms with Gasteiger partial charge in [-0.25, -0.2) is 9.18 Å². The first-order chi connectivity index (χ1) is 10.2. The van der Waals surface area contributed by atoms with Crippen molar-refractivity contribution in [3.63, 3.8) is 0 Å². The third-order valence-corrected chi connectivity index (χ3v) is 3.54. The Hall–Kier alpha value is -1.91. The van der Waals surface area contributed by atoms with Crippen molar-refractivity contribution in [1.29, 1.82) is 0 Å². The van der Waals surface area contributed by atoms with E-state index in [4.69, 9.17) is 4.74 Å². The summed E-state index contributed by atoms with van der Waals surface area (Å²) in [6.07, 6.45) is 0.173. The number of amides is 1. The first-order valence-corrected chi connectivity index (χ1v) is 7.45. The first-order valence-electron chi connectivity index (χ1n) is 7.45. The Balaban J connectivity index is 2.03. The molecule has 2 rings (SSSR count). The molecule has 0 radical (unpaired) electrons. The summed E-state index contributed by atoms with van der Waals surface area (Å²) in [6.45, 7) is 7.97. The molecule has 0 aliphatic carbocycles. The van der Waals surface area contributed by atoms with Gasteiger partial charge in [0.1, 0.15) is 11.4 Å². The fourth-order valence-electron chi connectivity index (χ4n) is 2.58. The zero-order valence-electron chi connectivity index (χ0n) is 13.5. The van der Waals surface area contributed by atoms with Crippen LogP contribution in [0.1, 0.15) is 43.1 Å². The molecule has 1 unspecified atom stereocenters. The van der Waals surface area contributed by atoms with E-state index in [0.717, 1.165) is 0 Å². The second-order valence-corrected chi connectivity index (χ2v) is 6.79. The SMILES string of the molecule is Cc1cc(F)cc(C(=O)C2CCN(C(=O)OC(C)(C)C)C2)c1. The number of benzene rings is 1. The van der Waals surface area contributed by atoms with Gasteiger partial charge in [0.15, 0.2) is 5.78 Å². The smallest absolute Gasteiger partial charge is 0.410 e. The highest BCUT2D eigenvalue weighted by Crippen LogP contribution is 2.23. The molecule has 1 saturated heterocycles. The largest absolute Gasteiger partial charge is 0.444 e. The number of halogens is 1. The Kier molecular flexibility index (Phi) is 4.54. The maximum absolute atomic E-state index is 13.4. The van der Waals surface area contributed by atoms with Gasteiger partial charge in [0, 0.05) is 24.6 Å². The van der Waals surface area contributed by atoms with E-state index in [9.17, 15) is 14.0 Å². The number of hydrogen-bond donors (Lipinski definition) is 0. The van der Waals surface area contributed by atoms with E-state index in [1.807, 2.05) is 0 Å². The van der Waals surface area contributed by atoms with Crippen LogP contribution in [0, 0.1) is 18.7 Å². The van der Waals surface area contributed by atoms with Crippen molar-refractivity contribution in [2.24, 2.45) is 5.92 Å². The lowest BCUT2D eigenvalue weighted by atomic mass is 9.96. The molecule has 0 bridgehead atoms. The molecule has 0 spiro atoms. The van der Waals surface area contributed by atoms with Crippen LogP contribution in [0.5, 0.6) is 0 Å². The average molecular weight is 307 g/mol. The van der Waals surface area contributed by atoms with Gasteiger partial charge in [-0.05, 0) is 57.9 Å². The van der Waals surface area contributed by atoms with Gasteiger partial charge in [-0.1, -0.05) is 0 Å². The molecule has 0 aromatic heterocycles. The minimum absolute atomic E-state index is 0.117. The number of nitrogens with zero attached hydrogens (tertiary/aromatic N) is 1. The van der Waals surface area contributed by atoms with Crippen LogP contribution in [-0.4, -0.2) is 35.5 Å². The molecule has 5 heteroatoms. The van der Waals surface area contributed by atoms with Gasteiger partial charge in [0.05, 0.1) is 0 Å². The van der Waals surface area contributed by atoms with E-state index in [1.165, 1.54) is 12.1 Å². The van der Waals surface area contributed by atoms with E-state index < -0.39 is 17.5 Å². The van der Waals surface area contributed by atoms with Crippen molar-refractivity contribution in [3.8, 4) is 0 Å². The molecule has 4 nitrogen and oxygen atoms in total. The van der Waals surface area contributed by atoms with E-state index in [2.05, 4.69) is 0 Å². The minimum Gasteiger partial charge on any atom is -0.444 e. The second kappa shape index (κ2) is 6.07. The summed E-state index contributed by atoms with van der Waals surface area (Å²) >= 11 is 0. The van der Waals surface area contributed by atoms with Gasteiger partial charge < -0.3 is 9.64 Å². The molecule has 1 aliphatic rings. The van der Waals surface area contributed by atoms with Gasteiger partial charge in [-0.15, -0.1) is 0 Å². The second-order valence-electron chi connectivity index (χ2n) is 6.79.